The summed E-state index contributed by atoms with van der Waals surface area (Å²) in [6.07, 6.45) is 9.64. The Morgan fingerprint density at radius 1 is 1.32 bits per heavy atom. The zero-order chi connectivity index (χ0) is 20.5. The van der Waals surface area contributed by atoms with Gasteiger partial charge in [0, 0.05) is 13.1 Å². The zero-order valence-corrected chi connectivity index (χ0v) is 18.5. The fourth-order valence-electron chi connectivity index (χ4n) is 3.92. The number of hydrogen-bond donors (Lipinski definition) is 1. The number of allylic oxidation sites excluding steroid dienone is 2. The van der Waals surface area contributed by atoms with E-state index in [1.807, 2.05) is 25.9 Å². The number of rotatable bonds is 6. The van der Waals surface area contributed by atoms with Crippen molar-refractivity contribution < 1.29 is 9.53 Å². The Bertz CT molecular complexity index is 673. The molecule has 1 aromatic rings. The number of halogens is 1. The van der Waals surface area contributed by atoms with Crippen molar-refractivity contribution in [2.24, 2.45) is 11.8 Å². The Morgan fingerprint density at radius 2 is 2.11 bits per heavy atom. The second kappa shape index (κ2) is 11.5. The third-order valence-corrected chi connectivity index (χ3v) is 5.56. The summed E-state index contributed by atoms with van der Waals surface area (Å²) in [6, 6.07) is 5.11. The standard InChI is InChI=1S/C13H19ClN2O2.C10H16/c1-4-15-13(17)11-9-10(5-6-12(11)14)18-8-7-16(2)3;1-8-5-9-3-2-4-10(6-8)7-9/h5-6,9H,4,7-8H2,1-3H3,(H,15,17);3,8,10H,2,4-7H2,1H3. The lowest BCUT2D eigenvalue weighted by atomic mass is 9.74. The predicted octanol–water partition coefficient (Wildman–Crippen LogP) is 5.17. The molecule has 0 radical (unpaired) electrons. The van der Waals surface area contributed by atoms with Crippen molar-refractivity contribution in [1.29, 1.82) is 0 Å². The van der Waals surface area contributed by atoms with Gasteiger partial charge in [-0.1, -0.05) is 30.2 Å². The molecule has 2 aliphatic carbocycles. The van der Waals surface area contributed by atoms with E-state index in [1.165, 1.54) is 32.1 Å². The van der Waals surface area contributed by atoms with Gasteiger partial charge in [-0.25, -0.2) is 0 Å². The quantitative estimate of drug-likeness (QED) is 0.662. The average Bonchev–Trinajstić information content (AvgIpc) is 2.63. The lowest BCUT2D eigenvalue weighted by Crippen LogP contribution is -2.23. The minimum Gasteiger partial charge on any atom is -0.492 e. The largest absolute Gasteiger partial charge is 0.492 e. The minimum absolute atomic E-state index is 0.180. The molecular weight excluding hydrogens is 372 g/mol. The maximum absolute atomic E-state index is 11.7. The first kappa shape index (κ1) is 22.8. The van der Waals surface area contributed by atoms with Crippen LogP contribution in [0.3, 0.4) is 0 Å². The number of nitrogens with one attached hydrogen (secondary N) is 1. The molecule has 2 atom stereocenters. The molecule has 1 saturated carbocycles. The maximum atomic E-state index is 11.7. The van der Waals surface area contributed by atoms with Crippen LogP contribution < -0.4 is 10.1 Å². The van der Waals surface area contributed by atoms with Crippen molar-refractivity contribution in [3.05, 3.63) is 40.4 Å². The number of benzene rings is 1. The molecule has 1 N–H and O–H groups in total. The van der Waals surface area contributed by atoms with Gasteiger partial charge in [-0.15, -0.1) is 0 Å². The van der Waals surface area contributed by atoms with Crippen LogP contribution in [0.15, 0.2) is 29.8 Å². The monoisotopic (exact) mass is 406 g/mol. The van der Waals surface area contributed by atoms with Crippen LogP contribution >= 0.6 is 11.6 Å². The van der Waals surface area contributed by atoms with Crippen LogP contribution in [0, 0.1) is 11.8 Å². The van der Waals surface area contributed by atoms with E-state index in [2.05, 4.69) is 18.3 Å². The summed E-state index contributed by atoms with van der Waals surface area (Å²) in [5.74, 6) is 2.51. The molecule has 0 aromatic heterocycles. The van der Waals surface area contributed by atoms with Crippen LogP contribution in [-0.4, -0.2) is 44.6 Å². The topological polar surface area (TPSA) is 41.6 Å². The third kappa shape index (κ3) is 7.48. The summed E-state index contributed by atoms with van der Waals surface area (Å²) in [5, 5.41) is 3.15. The normalized spacial score (nSPS) is 20.7. The molecule has 3 rings (SSSR count). The average molecular weight is 407 g/mol. The van der Waals surface area contributed by atoms with Gasteiger partial charge in [0.2, 0.25) is 0 Å². The highest BCUT2D eigenvalue weighted by atomic mass is 35.5. The number of fused-ring (bicyclic) bond motifs is 2. The first-order valence-electron chi connectivity index (χ1n) is 10.4. The molecule has 156 valence electrons. The van der Waals surface area contributed by atoms with Gasteiger partial charge in [-0.05, 0) is 83.2 Å². The van der Waals surface area contributed by atoms with Crippen LogP contribution in [0.2, 0.25) is 5.02 Å². The van der Waals surface area contributed by atoms with E-state index < -0.39 is 0 Å². The first-order chi connectivity index (χ1) is 13.4. The zero-order valence-electron chi connectivity index (χ0n) is 17.8. The summed E-state index contributed by atoms with van der Waals surface area (Å²) in [6.45, 7) is 6.22. The number of nitrogens with zero attached hydrogens (tertiary/aromatic N) is 1. The van der Waals surface area contributed by atoms with Crippen LogP contribution in [0.5, 0.6) is 5.75 Å². The van der Waals surface area contributed by atoms with E-state index in [4.69, 9.17) is 16.3 Å². The number of carbonyl (C=O) groups excluding carboxylic acids is 1. The van der Waals surface area contributed by atoms with Crippen LogP contribution in [0.4, 0.5) is 0 Å². The molecule has 1 aromatic carbocycles. The molecule has 5 heteroatoms. The molecule has 0 aliphatic heterocycles. The molecule has 28 heavy (non-hydrogen) atoms. The highest BCUT2D eigenvalue weighted by Crippen LogP contribution is 2.38. The van der Waals surface area contributed by atoms with Gasteiger partial charge in [0.05, 0.1) is 10.6 Å². The Labute approximate surface area is 175 Å². The summed E-state index contributed by atoms with van der Waals surface area (Å²) < 4.78 is 5.56. The number of likely N-dealkylation sites (N-methyl/N-ethyl adjacent to an activating group) is 1. The SMILES string of the molecule is CC1CC2=CCCC(C2)C1.CCNC(=O)c1cc(OCCN(C)C)ccc1Cl. The fourth-order valence-corrected chi connectivity index (χ4v) is 4.12. The Balaban J connectivity index is 0.000000233. The Kier molecular flexibility index (Phi) is 9.33. The lowest BCUT2D eigenvalue weighted by molar-refractivity contribution is 0.0955. The van der Waals surface area contributed by atoms with Crippen molar-refractivity contribution in [3.8, 4) is 5.75 Å². The summed E-state index contributed by atoms with van der Waals surface area (Å²) in [7, 11) is 3.96. The molecule has 2 bridgehead atoms. The van der Waals surface area contributed by atoms with Gasteiger partial charge in [-0.3, -0.25) is 4.79 Å². The molecular formula is C23H35ClN2O2. The molecule has 0 heterocycles. The molecule has 0 saturated heterocycles. The summed E-state index contributed by atoms with van der Waals surface area (Å²) in [4.78, 5) is 13.8. The molecule has 4 nitrogen and oxygen atoms in total. The van der Waals surface area contributed by atoms with Crippen LogP contribution in [0.25, 0.3) is 0 Å². The van der Waals surface area contributed by atoms with Crippen molar-refractivity contribution in [2.45, 2.75) is 46.0 Å². The van der Waals surface area contributed by atoms with Gasteiger partial charge < -0.3 is 15.0 Å². The van der Waals surface area contributed by atoms with Crippen LogP contribution in [-0.2, 0) is 0 Å². The van der Waals surface area contributed by atoms with Gasteiger partial charge >= 0.3 is 0 Å². The van der Waals surface area contributed by atoms with E-state index in [0.717, 1.165) is 18.4 Å². The number of carbonyl (C=O) groups is 1. The van der Waals surface area contributed by atoms with E-state index >= 15 is 0 Å². The Morgan fingerprint density at radius 3 is 2.79 bits per heavy atom. The van der Waals surface area contributed by atoms with Gasteiger partial charge in [0.25, 0.3) is 5.91 Å². The van der Waals surface area contributed by atoms with Gasteiger partial charge in [-0.2, -0.15) is 0 Å². The molecule has 2 unspecified atom stereocenters. The van der Waals surface area contributed by atoms with E-state index in [1.54, 1.807) is 23.8 Å². The molecule has 2 aliphatic rings. The minimum atomic E-state index is -0.180. The highest BCUT2D eigenvalue weighted by molar-refractivity contribution is 6.33. The van der Waals surface area contributed by atoms with E-state index in [-0.39, 0.29) is 5.91 Å². The van der Waals surface area contributed by atoms with E-state index in [0.29, 0.717) is 29.5 Å². The predicted molar refractivity (Wildman–Crippen MR) is 117 cm³/mol. The number of hydrogen-bond acceptors (Lipinski definition) is 3. The first-order valence-corrected chi connectivity index (χ1v) is 10.8. The second-order valence-electron chi connectivity index (χ2n) is 8.21. The Hall–Kier alpha value is -1.52. The fraction of sp³-hybridized carbons (Fsp3) is 0.609. The van der Waals surface area contributed by atoms with Crippen molar-refractivity contribution >= 4 is 17.5 Å². The van der Waals surface area contributed by atoms with E-state index in [9.17, 15) is 4.79 Å². The maximum Gasteiger partial charge on any atom is 0.252 e. The molecule has 0 spiro atoms. The molecule has 1 fully saturated rings. The second-order valence-corrected chi connectivity index (χ2v) is 8.61. The summed E-state index contributed by atoms with van der Waals surface area (Å²) >= 11 is 5.99. The van der Waals surface area contributed by atoms with Crippen LogP contribution in [0.1, 0.15) is 56.3 Å². The van der Waals surface area contributed by atoms with Crippen molar-refractivity contribution in [2.75, 3.05) is 33.8 Å². The molecule has 1 amide bonds. The van der Waals surface area contributed by atoms with Gasteiger partial charge in [0.1, 0.15) is 12.4 Å². The van der Waals surface area contributed by atoms with Gasteiger partial charge in [0.15, 0.2) is 0 Å². The third-order valence-electron chi connectivity index (χ3n) is 5.23. The number of ether oxygens (including phenoxy) is 1. The lowest BCUT2D eigenvalue weighted by Gasteiger charge is -2.32. The van der Waals surface area contributed by atoms with Crippen molar-refractivity contribution in [1.82, 2.24) is 10.2 Å². The summed E-state index contributed by atoms with van der Waals surface area (Å²) in [5.41, 5.74) is 2.20. The number of amides is 1. The highest BCUT2D eigenvalue weighted by Gasteiger charge is 2.23. The smallest absolute Gasteiger partial charge is 0.252 e. The van der Waals surface area contributed by atoms with Crippen molar-refractivity contribution in [3.63, 3.8) is 0 Å².